The summed E-state index contributed by atoms with van der Waals surface area (Å²) in [6.07, 6.45) is 5.11. The maximum absolute atomic E-state index is 12.3. The van der Waals surface area contributed by atoms with E-state index < -0.39 is 0 Å². The molecule has 0 saturated carbocycles. The highest BCUT2D eigenvalue weighted by molar-refractivity contribution is 5.93. The molecule has 0 spiro atoms. The smallest absolute Gasteiger partial charge is 0.254 e. The van der Waals surface area contributed by atoms with E-state index in [1.54, 1.807) is 24.1 Å². The van der Waals surface area contributed by atoms with E-state index in [1.165, 1.54) is 0 Å². The molecular weight excluding hydrogens is 318 g/mol. The monoisotopic (exact) mass is 345 g/mol. The van der Waals surface area contributed by atoms with Gasteiger partial charge >= 0.3 is 0 Å². The minimum absolute atomic E-state index is 0.150. The first-order chi connectivity index (χ1) is 12.0. The summed E-state index contributed by atoms with van der Waals surface area (Å²) in [4.78, 5) is 12.3. The third kappa shape index (κ3) is 5.24. The molecular formula is C19H27N3O3. The Morgan fingerprint density at radius 3 is 2.48 bits per heavy atom. The van der Waals surface area contributed by atoms with Gasteiger partial charge < -0.3 is 14.8 Å². The van der Waals surface area contributed by atoms with Crippen LogP contribution in [0.4, 0.5) is 0 Å². The molecule has 0 saturated heterocycles. The van der Waals surface area contributed by atoms with Crippen LogP contribution >= 0.6 is 0 Å². The van der Waals surface area contributed by atoms with E-state index in [-0.39, 0.29) is 11.9 Å². The second kappa shape index (κ2) is 9.11. The highest BCUT2D eigenvalue weighted by atomic mass is 16.5. The molecule has 1 amide bonds. The van der Waals surface area contributed by atoms with Gasteiger partial charge in [0, 0.05) is 13.2 Å². The van der Waals surface area contributed by atoms with Gasteiger partial charge in [0.1, 0.15) is 0 Å². The number of aromatic nitrogens is 2. The van der Waals surface area contributed by atoms with Crippen molar-refractivity contribution in [3.05, 3.63) is 41.7 Å². The van der Waals surface area contributed by atoms with Gasteiger partial charge in [-0.2, -0.15) is 5.10 Å². The summed E-state index contributed by atoms with van der Waals surface area (Å²) in [6, 6.07) is 5.65. The van der Waals surface area contributed by atoms with Crippen LogP contribution in [0.3, 0.4) is 0 Å². The van der Waals surface area contributed by atoms with E-state index in [1.807, 2.05) is 25.1 Å². The molecule has 1 unspecified atom stereocenters. The van der Waals surface area contributed by atoms with Crippen LogP contribution in [0.5, 0.6) is 11.5 Å². The van der Waals surface area contributed by atoms with Gasteiger partial charge in [-0.1, -0.05) is 19.9 Å². The first-order valence-corrected chi connectivity index (χ1v) is 8.74. The lowest BCUT2D eigenvalue weighted by Gasteiger charge is -2.17. The van der Waals surface area contributed by atoms with Gasteiger partial charge in [-0.15, -0.1) is 0 Å². The van der Waals surface area contributed by atoms with Crippen molar-refractivity contribution < 1.29 is 14.3 Å². The highest BCUT2D eigenvalue weighted by Gasteiger charge is 2.15. The summed E-state index contributed by atoms with van der Waals surface area (Å²) in [7, 11) is 1.78. The third-order valence-corrected chi connectivity index (χ3v) is 3.71. The summed E-state index contributed by atoms with van der Waals surface area (Å²) in [5, 5.41) is 7.01. The van der Waals surface area contributed by atoms with Crippen LogP contribution in [0.25, 0.3) is 0 Å². The van der Waals surface area contributed by atoms with Crippen molar-refractivity contribution in [3.8, 4) is 11.5 Å². The second-order valence-corrected chi connectivity index (χ2v) is 6.00. The van der Waals surface area contributed by atoms with Crippen LogP contribution in [-0.2, 0) is 7.05 Å². The summed E-state index contributed by atoms with van der Waals surface area (Å²) in [6.45, 7) is 7.35. The van der Waals surface area contributed by atoms with Crippen LogP contribution in [0, 0.1) is 0 Å². The van der Waals surface area contributed by atoms with Crippen LogP contribution in [0.1, 0.15) is 55.6 Å². The van der Waals surface area contributed by atoms with Crippen molar-refractivity contribution in [1.29, 1.82) is 0 Å². The quantitative estimate of drug-likeness (QED) is 0.755. The molecule has 0 bridgehead atoms. The van der Waals surface area contributed by atoms with Crippen molar-refractivity contribution in [3.63, 3.8) is 0 Å². The van der Waals surface area contributed by atoms with Gasteiger partial charge in [-0.3, -0.25) is 9.48 Å². The summed E-state index contributed by atoms with van der Waals surface area (Å²) in [5.41, 5.74) is 1.51. The molecule has 1 aromatic heterocycles. The lowest BCUT2D eigenvalue weighted by atomic mass is 10.1. The minimum Gasteiger partial charge on any atom is -0.490 e. The van der Waals surface area contributed by atoms with E-state index in [2.05, 4.69) is 24.3 Å². The van der Waals surface area contributed by atoms with E-state index in [4.69, 9.17) is 9.47 Å². The standard InChI is InChI=1S/C19H27N3O3/c1-5-9-24-17-8-7-15(11-18(17)25-10-6-2)14(3)21-19(23)16-12-20-22(4)13-16/h7-8,11-14H,5-6,9-10H2,1-4H3,(H,21,23). The maximum atomic E-state index is 12.3. The molecule has 1 aromatic carbocycles. The molecule has 1 heterocycles. The Hall–Kier alpha value is -2.50. The van der Waals surface area contributed by atoms with E-state index in [9.17, 15) is 4.79 Å². The summed E-state index contributed by atoms with van der Waals surface area (Å²) in [5.74, 6) is 1.31. The van der Waals surface area contributed by atoms with Crippen LogP contribution in [0.2, 0.25) is 0 Å². The lowest BCUT2D eigenvalue weighted by Crippen LogP contribution is -2.26. The first-order valence-electron chi connectivity index (χ1n) is 8.74. The van der Waals surface area contributed by atoms with Crippen molar-refractivity contribution in [1.82, 2.24) is 15.1 Å². The fourth-order valence-corrected chi connectivity index (χ4v) is 2.35. The second-order valence-electron chi connectivity index (χ2n) is 6.00. The molecule has 25 heavy (non-hydrogen) atoms. The molecule has 1 atom stereocenters. The molecule has 0 fully saturated rings. The molecule has 0 aliphatic carbocycles. The van der Waals surface area contributed by atoms with Crippen LogP contribution in [0.15, 0.2) is 30.6 Å². The Bertz CT molecular complexity index is 697. The number of hydrogen-bond acceptors (Lipinski definition) is 4. The topological polar surface area (TPSA) is 65.4 Å². The molecule has 6 heteroatoms. The van der Waals surface area contributed by atoms with E-state index >= 15 is 0 Å². The minimum atomic E-state index is -0.156. The van der Waals surface area contributed by atoms with Gasteiger partial charge in [0.05, 0.1) is 31.0 Å². The molecule has 136 valence electrons. The average Bonchev–Trinajstić information content (AvgIpc) is 3.05. The number of benzene rings is 1. The van der Waals surface area contributed by atoms with E-state index in [0.717, 1.165) is 29.9 Å². The number of nitrogens with one attached hydrogen (secondary N) is 1. The van der Waals surface area contributed by atoms with Crippen molar-refractivity contribution >= 4 is 5.91 Å². The number of rotatable bonds is 9. The van der Waals surface area contributed by atoms with Crippen molar-refractivity contribution in [2.24, 2.45) is 7.05 Å². The number of hydrogen-bond donors (Lipinski definition) is 1. The number of aryl methyl sites for hydroxylation is 1. The average molecular weight is 345 g/mol. The van der Waals surface area contributed by atoms with Crippen molar-refractivity contribution in [2.75, 3.05) is 13.2 Å². The number of ether oxygens (including phenoxy) is 2. The normalized spacial score (nSPS) is 11.8. The molecule has 2 rings (SSSR count). The first kappa shape index (κ1) is 18.8. The third-order valence-electron chi connectivity index (χ3n) is 3.71. The van der Waals surface area contributed by atoms with Gasteiger partial charge in [-0.05, 0) is 37.5 Å². The van der Waals surface area contributed by atoms with Crippen LogP contribution in [-0.4, -0.2) is 28.9 Å². The number of nitrogens with zero attached hydrogens (tertiary/aromatic N) is 2. The molecule has 0 aliphatic heterocycles. The van der Waals surface area contributed by atoms with Crippen LogP contribution < -0.4 is 14.8 Å². The fraction of sp³-hybridized carbons (Fsp3) is 0.474. The Kier molecular flexibility index (Phi) is 6.86. The van der Waals surface area contributed by atoms with Crippen molar-refractivity contribution in [2.45, 2.75) is 39.7 Å². The molecule has 0 radical (unpaired) electrons. The van der Waals surface area contributed by atoms with E-state index in [0.29, 0.717) is 18.8 Å². The number of carbonyl (C=O) groups excluding carboxylic acids is 1. The Morgan fingerprint density at radius 2 is 1.88 bits per heavy atom. The largest absolute Gasteiger partial charge is 0.490 e. The summed E-state index contributed by atoms with van der Waals surface area (Å²) >= 11 is 0. The zero-order chi connectivity index (χ0) is 18.2. The number of carbonyl (C=O) groups is 1. The van der Waals surface area contributed by atoms with Gasteiger partial charge in [-0.25, -0.2) is 0 Å². The zero-order valence-electron chi connectivity index (χ0n) is 15.4. The zero-order valence-corrected chi connectivity index (χ0v) is 15.4. The Morgan fingerprint density at radius 1 is 1.20 bits per heavy atom. The molecule has 0 aliphatic rings. The predicted molar refractivity (Wildman–Crippen MR) is 97.1 cm³/mol. The molecule has 1 N–H and O–H groups in total. The van der Waals surface area contributed by atoms with Gasteiger partial charge in [0.25, 0.3) is 5.91 Å². The lowest BCUT2D eigenvalue weighted by molar-refractivity contribution is 0.0939. The highest BCUT2D eigenvalue weighted by Crippen LogP contribution is 2.31. The Balaban J connectivity index is 2.12. The van der Waals surface area contributed by atoms with Gasteiger partial charge in [0.2, 0.25) is 0 Å². The molecule has 2 aromatic rings. The summed E-state index contributed by atoms with van der Waals surface area (Å²) < 4.78 is 13.2. The Labute approximate surface area is 149 Å². The maximum Gasteiger partial charge on any atom is 0.254 e. The number of amides is 1. The molecule has 6 nitrogen and oxygen atoms in total. The fourth-order valence-electron chi connectivity index (χ4n) is 2.35. The van der Waals surface area contributed by atoms with Gasteiger partial charge in [0.15, 0.2) is 11.5 Å². The predicted octanol–water partition coefficient (Wildman–Crippen LogP) is 3.49. The SMILES string of the molecule is CCCOc1ccc(C(C)NC(=O)c2cnn(C)c2)cc1OCCC.